The van der Waals surface area contributed by atoms with E-state index in [1.54, 1.807) is 0 Å². The van der Waals surface area contributed by atoms with E-state index in [1.807, 2.05) is 18.0 Å². The van der Waals surface area contributed by atoms with E-state index in [1.165, 1.54) is 16.7 Å². The Balaban J connectivity index is 0.00000225. The van der Waals surface area contributed by atoms with Crippen molar-refractivity contribution in [3.63, 3.8) is 0 Å². The number of hydrogen-bond donors (Lipinski definition) is 1. The lowest BCUT2D eigenvalue weighted by Gasteiger charge is -2.34. The lowest BCUT2D eigenvalue weighted by molar-refractivity contribution is -0.133. The Hall–Kier alpha value is -1.88. The standard InChI is InChI=1S/C23H29N3O.ClH/c1-25(22-13-7-11-17-10-5-6-12-19(17)22)23(27)16-26-14-20(21(24)15-26)18-8-3-2-4-9-18;/h2-6,8-10,12,20-22H,7,11,13-16,24H2,1H3;1H/t20-,21+,22?;/m0./s1. The highest BCUT2D eigenvalue weighted by atomic mass is 35.5. The minimum atomic E-state index is 0. The molecule has 1 saturated heterocycles. The van der Waals surface area contributed by atoms with Crippen molar-refractivity contribution in [3.05, 3.63) is 71.3 Å². The smallest absolute Gasteiger partial charge is 0.237 e. The molecule has 0 spiro atoms. The first kappa shape index (κ1) is 20.8. The van der Waals surface area contributed by atoms with Crippen molar-refractivity contribution in [1.82, 2.24) is 9.80 Å². The predicted octanol–water partition coefficient (Wildman–Crippen LogP) is 3.37. The molecule has 150 valence electrons. The minimum Gasteiger partial charge on any atom is -0.338 e. The number of rotatable bonds is 4. The van der Waals surface area contributed by atoms with Crippen LogP contribution in [0.3, 0.4) is 0 Å². The van der Waals surface area contributed by atoms with Gasteiger partial charge >= 0.3 is 0 Å². The molecule has 2 aromatic rings. The van der Waals surface area contributed by atoms with Gasteiger partial charge in [-0.2, -0.15) is 0 Å². The first-order valence-electron chi connectivity index (χ1n) is 10.00. The number of carbonyl (C=O) groups is 1. The Labute approximate surface area is 174 Å². The van der Waals surface area contributed by atoms with Gasteiger partial charge in [0, 0.05) is 32.1 Å². The Morgan fingerprint density at radius 2 is 1.82 bits per heavy atom. The molecule has 1 fully saturated rings. The van der Waals surface area contributed by atoms with Crippen molar-refractivity contribution in [2.45, 2.75) is 37.3 Å². The van der Waals surface area contributed by atoms with Gasteiger partial charge in [-0.25, -0.2) is 0 Å². The lowest BCUT2D eigenvalue weighted by atomic mass is 9.87. The van der Waals surface area contributed by atoms with E-state index in [2.05, 4.69) is 53.4 Å². The van der Waals surface area contributed by atoms with Crippen LogP contribution in [0.25, 0.3) is 0 Å². The average molecular weight is 400 g/mol. The molecule has 4 nitrogen and oxygen atoms in total. The summed E-state index contributed by atoms with van der Waals surface area (Å²) in [5.74, 6) is 0.498. The number of benzene rings is 2. The number of likely N-dealkylation sites (tertiary alicyclic amines) is 1. The molecular formula is C23H30ClN3O. The number of aryl methyl sites for hydroxylation is 1. The summed E-state index contributed by atoms with van der Waals surface area (Å²) in [7, 11) is 1.96. The minimum absolute atomic E-state index is 0. The van der Waals surface area contributed by atoms with Gasteiger partial charge in [0.05, 0.1) is 12.6 Å². The maximum absolute atomic E-state index is 13.0. The second-order valence-electron chi connectivity index (χ2n) is 7.99. The number of hydrogen-bond acceptors (Lipinski definition) is 3. The molecule has 2 N–H and O–H groups in total. The van der Waals surface area contributed by atoms with Crippen LogP contribution in [-0.2, 0) is 11.2 Å². The fourth-order valence-corrected chi connectivity index (χ4v) is 4.70. The predicted molar refractivity (Wildman–Crippen MR) is 116 cm³/mol. The van der Waals surface area contributed by atoms with Gasteiger partial charge in [0.2, 0.25) is 5.91 Å². The molecule has 1 unspecified atom stereocenters. The fraction of sp³-hybridized carbons (Fsp3) is 0.435. The Kier molecular flexibility index (Phi) is 6.76. The van der Waals surface area contributed by atoms with Crippen molar-refractivity contribution in [3.8, 4) is 0 Å². The number of halogens is 1. The van der Waals surface area contributed by atoms with E-state index in [0.717, 1.165) is 32.4 Å². The number of carbonyl (C=O) groups excluding carboxylic acids is 1. The van der Waals surface area contributed by atoms with Gasteiger partial charge in [0.15, 0.2) is 0 Å². The molecule has 1 heterocycles. The van der Waals surface area contributed by atoms with Gasteiger partial charge in [-0.05, 0) is 36.0 Å². The van der Waals surface area contributed by atoms with Gasteiger partial charge in [-0.15, -0.1) is 12.4 Å². The van der Waals surface area contributed by atoms with E-state index in [0.29, 0.717) is 12.5 Å². The number of amides is 1. The second-order valence-corrected chi connectivity index (χ2v) is 7.99. The van der Waals surface area contributed by atoms with E-state index in [4.69, 9.17) is 5.73 Å². The van der Waals surface area contributed by atoms with Crippen LogP contribution < -0.4 is 5.73 Å². The Bertz CT molecular complexity index is 797. The highest BCUT2D eigenvalue weighted by molar-refractivity contribution is 5.85. The molecule has 5 heteroatoms. The molecule has 3 atom stereocenters. The molecule has 28 heavy (non-hydrogen) atoms. The van der Waals surface area contributed by atoms with Crippen LogP contribution in [0.15, 0.2) is 54.6 Å². The monoisotopic (exact) mass is 399 g/mol. The summed E-state index contributed by atoms with van der Waals surface area (Å²) in [5, 5.41) is 0. The third-order valence-corrected chi connectivity index (χ3v) is 6.23. The molecule has 1 aliphatic carbocycles. The van der Waals surface area contributed by atoms with Gasteiger partial charge in [-0.1, -0.05) is 54.6 Å². The second kappa shape index (κ2) is 9.08. The summed E-state index contributed by atoms with van der Waals surface area (Å²) in [5.41, 5.74) is 10.4. The van der Waals surface area contributed by atoms with Crippen molar-refractivity contribution in [2.24, 2.45) is 5.73 Å². The third kappa shape index (κ3) is 4.24. The van der Waals surface area contributed by atoms with Crippen LogP contribution in [0.1, 0.15) is 41.5 Å². The molecule has 0 saturated carbocycles. The topological polar surface area (TPSA) is 49.6 Å². The number of likely N-dealkylation sites (N-methyl/N-ethyl adjacent to an activating group) is 1. The van der Waals surface area contributed by atoms with Crippen molar-refractivity contribution in [1.29, 1.82) is 0 Å². The normalized spacial score (nSPS) is 24.3. The number of nitrogens with zero attached hydrogens (tertiary/aromatic N) is 2. The van der Waals surface area contributed by atoms with Gasteiger partial charge in [-0.3, -0.25) is 9.69 Å². The van der Waals surface area contributed by atoms with E-state index in [-0.39, 0.29) is 30.4 Å². The lowest BCUT2D eigenvalue weighted by Crippen LogP contribution is -2.41. The average Bonchev–Trinajstić information content (AvgIpc) is 3.07. The largest absolute Gasteiger partial charge is 0.338 e. The first-order chi connectivity index (χ1) is 13.1. The number of fused-ring (bicyclic) bond motifs is 1. The fourth-order valence-electron chi connectivity index (χ4n) is 4.70. The molecule has 1 aliphatic heterocycles. The van der Waals surface area contributed by atoms with Crippen LogP contribution in [0.5, 0.6) is 0 Å². The van der Waals surface area contributed by atoms with E-state index < -0.39 is 0 Å². The molecule has 0 radical (unpaired) electrons. The highest BCUT2D eigenvalue weighted by Gasteiger charge is 2.34. The zero-order valence-electron chi connectivity index (χ0n) is 16.5. The SMILES string of the molecule is CN(C(=O)CN1C[C@@H](N)[C@H](c2ccccc2)C1)C1CCCc2ccccc21.Cl. The molecule has 0 aromatic heterocycles. The molecule has 2 aliphatic rings. The first-order valence-corrected chi connectivity index (χ1v) is 10.00. The summed E-state index contributed by atoms with van der Waals surface area (Å²) in [6.45, 7) is 2.08. The van der Waals surface area contributed by atoms with Crippen molar-refractivity contribution < 1.29 is 4.79 Å². The zero-order valence-corrected chi connectivity index (χ0v) is 17.3. The van der Waals surface area contributed by atoms with Gasteiger partial charge < -0.3 is 10.6 Å². The highest BCUT2D eigenvalue weighted by Crippen LogP contribution is 2.34. The summed E-state index contributed by atoms with van der Waals surface area (Å²) >= 11 is 0. The maximum atomic E-state index is 13.0. The molecule has 0 bridgehead atoms. The van der Waals surface area contributed by atoms with Crippen LogP contribution in [0.4, 0.5) is 0 Å². The van der Waals surface area contributed by atoms with Crippen molar-refractivity contribution in [2.75, 3.05) is 26.7 Å². The van der Waals surface area contributed by atoms with Crippen LogP contribution in [0.2, 0.25) is 0 Å². The third-order valence-electron chi connectivity index (χ3n) is 6.23. The quantitative estimate of drug-likeness (QED) is 0.857. The Morgan fingerprint density at radius 3 is 2.61 bits per heavy atom. The van der Waals surface area contributed by atoms with Gasteiger partial charge in [0.1, 0.15) is 0 Å². The Morgan fingerprint density at radius 1 is 1.11 bits per heavy atom. The van der Waals surface area contributed by atoms with E-state index in [9.17, 15) is 4.79 Å². The molecule has 2 aromatic carbocycles. The summed E-state index contributed by atoms with van der Waals surface area (Å²) in [4.78, 5) is 17.2. The van der Waals surface area contributed by atoms with Gasteiger partial charge in [0.25, 0.3) is 0 Å². The molecular weight excluding hydrogens is 370 g/mol. The van der Waals surface area contributed by atoms with Crippen molar-refractivity contribution >= 4 is 18.3 Å². The van der Waals surface area contributed by atoms with Crippen LogP contribution in [0, 0.1) is 0 Å². The van der Waals surface area contributed by atoms with Crippen LogP contribution in [-0.4, -0.2) is 48.4 Å². The van der Waals surface area contributed by atoms with E-state index >= 15 is 0 Å². The van der Waals surface area contributed by atoms with Crippen LogP contribution >= 0.6 is 12.4 Å². The zero-order chi connectivity index (χ0) is 18.8. The molecule has 1 amide bonds. The summed E-state index contributed by atoms with van der Waals surface area (Å²) in [6, 6.07) is 19.3. The summed E-state index contributed by atoms with van der Waals surface area (Å²) < 4.78 is 0. The maximum Gasteiger partial charge on any atom is 0.237 e. The number of nitrogens with two attached hydrogens (primary N) is 1. The molecule has 4 rings (SSSR count). The summed E-state index contributed by atoms with van der Waals surface area (Å²) in [6.07, 6.45) is 3.31.